The minimum atomic E-state index is 0.938. The first kappa shape index (κ1) is 28.2. The molecular formula is C50H30O. The van der Waals surface area contributed by atoms with Gasteiger partial charge >= 0.3 is 0 Å². The molecule has 0 saturated carbocycles. The Hall–Kier alpha value is -6.70. The van der Waals surface area contributed by atoms with Crippen LogP contribution in [-0.4, -0.2) is 0 Å². The molecule has 11 rings (SSSR count). The zero-order chi connectivity index (χ0) is 33.5. The highest BCUT2D eigenvalue weighted by molar-refractivity contribution is 6.28. The van der Waals surface area contributed by atoms with Crippen molar-refractivity contribution in [2.75, 3.05) is 0 Å². The van der Waals surface area contributed by atoms with Gasteiger partial charge in [0.15, 0.2) is 0 Å². The van der Waals surface area contributed by atoms with Gasteiger partial charge in [0.2, 0.25) is 0 Å². The van der Waals surface area contributed by atoms with E-state index in [1.165, 1.54) is 98.4 Å². The lowest BCUT2D eigenvalue weighted by atomic mass is 9.82. The molecular weight excluding hydrogens is 617 g/mol. The van der Waals surface area contributed by atoms with Gasteiger partial charge in [-0.1, -0.05) is 164 Å². The maximum atomic E-state index is 6.33. The minimum Gasteiger partial charge on any atom is -0.456 e. The third kappa shape index (κ3) is 4.09. The summed E-state index contributed by atoms with van der Waals surface area (Å²) in [5, 5.41) is 12.3. The summed E-state index contributed by atoms with van der Waals surface area (Å²) in [7, 11) is 0. The fourth-order valence-electron chi connectivity index (χ4n) is 8.73. The van der Waals surface area contributed by atoms with Gasteiger partial charge in [-0.05, 0) is 106 Å². The smallest absolute Gasteiger partial charge is 0.136 e. The molecule has 1 heteroatoms. The molecule has 11 aromatic rings. The highest BCUT2D eigenvalue weighted by atomic mass is 16.3. The molecule has 51 heavy (non-hydrogen) atoms. The Morgan fingerprint density at radius 2 is 0.765 bits per heavy atom. The molecule has 0 unspecified atom stereocenters. The zero-order valence-corrected chi connectivity index (χ0v) is 27.7. The van der Waals surface area contributed by atoms with Gasteiger partial charge in [-0.2, -0.15) is 0 Å². The van der Waals surface area contributed by atoms with Crippen molar-refractivity contribution in [3.8, 4) is 44.5 Å². The number of hydrogen-bond donors (Lipinski definition) is 0. The Morgan fingerprint density at radius 3 is 1.45 bits per heavy atom. The third-order valence-electron chi connectivity index (χ3n) is 10.8. The van der Waals surface area contributed by atoms with Crippen LogP contribution in [0.25, 0.3) is 110 Å². The fraction of sp³-hybridized carbons (Fsp3) is 0. The Labute approximate surface area is 295 Å². The van der Waals surface area contributed by atoms with Crippen LogP contribution in [0.4, 0.5) is 0 Å². The van der Waals surface area contributed by atoms with Crippen molar-refractivity contribution in [3.63, 3.8) is 0 Å². The van der Waals surface area contributed by atoms with E-state index in [2.05, 4.69) is 182 Å². The van der Waals surface area contributed by atoms with E-state index in [-0.39, 0.29) is 0 Å². The van der Waals surface area contributed by atoms with Crippen LogP contribution in [0.3, 0.4) is 0 Å². The predicted molar refractivity (Wildman–Crippen MR) is 217 cm³/mol. The number of furan rings is 1. The van der Waals surface area contributed by atoms with Crippen molar-refractivity contribution in [1.29, 1.82) is 0 Å². The summed E-state index contributed by atoms with van der Waals surface area (Å²) in [6.07, 6.45) is 0. The molecule has 0 atom stereocenters. The summed E-state index contributed by atoms with van der Waals surface area (Å²) in [5.74, 6) is 0. The van der Waals surface area contributed by atoms with Crippen LogP contribution in [0.1, 0.15) is 0 Å². The second-order valence-corrected chi connectivity index (χ2v) is 13.5. The quantitative estimate of drug-likeness (QED) is 0.137. The average Bonchev–Trinajstić information content (AvgIpc) is 3.59. The molecule has 0 amide bonds. The van der Waals surface area contributed by atoms with E-state index in [1.54, 1.807) is 0 Å². The van der Waals surface area contributed by atoms with E-state index in [0.717, 1.165) is 11.2 Å². The largest absolute Gasteiger partial charge is 0.456 e. The van der Waals surface area contributed by atoms with E-state index in [4.69, 9.17) is 4.42 Å². The average molecular weight is 647 g/mol. The lowest BCUT2D eigenvalue weighted by Crippen LogP contribution is -1.94. The van der Waals surface area contributed by atoms with Gasteiger partial charge in [-0.3, -0.25) is 0 Å². The van der Waals surface area contributed by atoms with Crippen molar-refractivity contribution >= 4 is 65.0 Å². The Kier molecular flexibility index (Phi) is 6.02. The normalized spacial score (nSPS) is 11.9. The molecule has 1 heterocycles. The first-order chi connectivity index (χ1) is 25.3. The molecule has 0 spiro atoms. The predicted octanol–water partition coefficient (Wildman–Crippen LogP) is 14.3. The van der Waals surface area contributed by atoms with Crippen molar-refractivity contribution < 1.29 is 4.42 Å². The first-order valence-electron chi connectivity index (χ1n) is 17.6. The Balaban J connectivity index is 1.22. The highest BCUT2D eigenvalue weighted by Gasteiger charge is 2.22. The molecule has 1 aromatic heterocycles. The number of fused-ring (bicyclic) bond motifs is 3. The highest BCUT2D eigenvalue weighted by Crippen LogP contribution is 2.49. The summed E-state index contributed by atoms with van der Waals surface area (Å²) < 4.78 is 6.33. The summed E-state index contributed by atoms with van der Waals surface area (Å²) >= 11 is 0. The lowest BCUT2D eigenvalue weighted by molar-refractivity contribution is 0.669. The van der Waals surface area contributed by atoms with E-state index in [1.807, 2.05) is 0 Å². The molecule has 0 N–H and O–H groups in total. The van der Waals surface area contributed by atoms with Crippen LogP contribution in [0.15, 0.2) is 186 Å². The standard InChI is InChI=1S/C50H30O/c1-2-14-31(15-3-1)33-17-4-7-20-37(33)48-38-21-8-10-23-40(38)49(41-24-11-9-22-39(41)48)43-29-28-36(34-18-5-6-19-35(34)43)44-30-32-16-12-26-45-47(32)50-42(44)25-13-27-46(50)51-45/h1-30H. The molecule has 0 saturated heterocycles. The maximum Gasteiger partial charge on any atom is 0.136 e. The van der Waals surface area contributed by atoms with Crippen molar-refractivity contribution in [3.05, 3.63) is 182 Å². The van der Waals surface area contributed by atoms with Gasteiger partial charge in [-0.15, -0.1) is 0 Å². The number of rotatable bonds is 4. The molecule has 236 valence electrons. The van der Waals surface area contributed by atoms with Crippen LogP contribution in [-0.2, 0) is 0 Å². The Morgan fingerprint density at radius 1 is 0.275 bits per heavy atom. The van der Waals surface area contributed by atoms with Crippen LogP contribution >= 0.6 is 0 Å². The van der Waals surface area contributed by atoms with Crippen LogP contribution in [0.5, 0.6) is 0 Å². The van der Waals surface area contributed by atoms with E-state index < -0.39 is 0 Å². The van der Waals surface area contributed by atoms with Crippen molar-refractivity contribution in [1.82, 2.24) is 0 Å². The van der Waals surface area contributed by atoms with E-state index in [0.29, 0.717) is 0 Å². The van der Waals surface area contributed by atoms with Gasteiger partial charge in [0, 0.05) is 10.8 Å². The zero-order valence-electron chi connectivity index (χ0n) is 27.7. The molecule has 0 fully saturated rings. The summed E-state index contributed by atoms with van der Waals surface area (Å²) in [6, 6.07) is 66.3. The molecule has 0 radical (unpaired) electrons. The van der Waals surface area contributed by atoms with Gasteiger partial charge in [0.1, 0.15) is 11.2 Å². The first-order valence-corrected chi connectivity index (χ1v) is 17.6. The number of hydrogen-bond acceptors (Lipinski definition) is 1. The van der Waals surface area contributed by atoms with Crippen LogP contribution in [0.2, 0.25) is 0 Å². The fourth-order valence-corrected chi connectivity index (χ4v) is 8.73. The summed E-state index contributed by atoms with van der Waals surface area (Å²) in [6.45, 7) is 0. The summed E-state index contributed by atoms with van der Waals surface area (Å²) in [4.78, 5) is 0. The number of benzene rings is 10. The van der Waals surface area contributed by atoms with Crippen LogP contribution < -0.4 is 0 Å². The molecule has 10 aromatic carbocycles. The van der Waals surface area contributed by atoms with Crippen LogP contribution in [0, 0.1) is 0 Å². The van der Waals surface area contributed by atoms with E-state index in [9.17, 15) is 0 Å². The van der Waals surface area contributed by atoms with Gasteiger partial charge in [-0.25, -0.2) is 0 Å². The monoisotopic (exact) mass is 646 g/mol. The Bertz CT molecular complexity index is 3070. The molecule has 1 nitrogen and oxygen atoms in total. The summed E-state index contributed by atoms with van der Waals surface area (Å²) in [5.41, 5.74) is 11.8. The molecule has 0 aliphatic carbocycles. The van der Waals surface area contributed by atoms with E-state index >= 15 is 0 Å². The second-order valence-electron chi connectivity index (χ2n) is 13.5. The van der Waals surface area contributed by atoms with Crippen molar-refractivity contribution in [2.24, 2.45) is 0 Å². The SMILES string of the molecule is c1ccc(-c2ccccc2-c2c3ccccc3c(-c3ccc(-c4cc5cccc6oc7cccc4c7c56)c4ccccc34)c3ccccc23)cc1. The molecule has 0 bridgehead atoms. The topological polar surface area (TPSA) is 13.1 Å². The van der Waals surface area contributed by atoms with Gasteiger partial charge in [0.05, 0.1) is 0 Å². The van der Waals surface area contributed by atoms with Gasteiger partial charge in [0.25, 0.3) is 0 Å². The molecule has 0 aliphatic heterocycles. The minimum absolute atomic E-state index is 0.938. The second kappa shape index (κ2) is 10.9. The maximum absolute atomic E-state index is 6.33. The third-order valence-corrected chi connectivity index (χ3v) is 10.8. The van der Waals surface area contributed by atoms with Gasteiger partial charge < -0.3 is 4.42 Å². The lowest BCUT2D eigenvalue weighted by Gasteiger charge is -2.21. The van der Waals surface area contributed by atoms with Crippen molar-refractivity contribution in [2.45, 2.75) is 0 Å². The molecule has 0 aliphatic rings.